The van der Waals surface area contributed by atoms with Crippen molar-refractivity contribution in [2.75, 3.05) is 19.0 Å². The number of sulfonamides is 1. The summed E-state index contributed by atoms with van der Waals surface area (Å²) in [5.74, 6) is 5.57. The normalized spacial score (nSPS) is 23.2. The van der Waals surface area contributed by atoms with E-state index < -0.39 is 10.0 Å². The lowest BCUT2D eigenvalue weighted by molar-refractivity contribution is 0.0367. The number of benzene rings is 1. The van der Waals surface area contributed by atoms with E-state index >= 15 is 0 Å². The van der Waals surface area contributed by atoms with Crippen LogP contribution in [-0.2, 0) is 10.0 Å². The molecule has 6 nitrogen and oxygen atoms in total. The zero-order chi connectivity index (χ0) is 14.0. The molecular formula is C12H19N3O3S. The minimum absolute atomic E-state index is 0.167. The van der Waals surface area contributed by atoms with Crippen LogP contribution in [0.25, 0.3) is 0 Å². The van der Waals surface area contributed by atoms with Crippen molar-refractivity contribution in [1.29, 1.82) is 0 Å². The van der Waals surface area contributed by atoms with Crippen LogP contribution in [0.4, 0.5) is 5.69 Å². The fraction of sp³-hybridized carbons (Fsp3) is 0.500. The van der Waals surface area contributed by atoms with Gasteiger partial charge in [-0.25, -0.2) is 12.7 Å². The molecule has 1 aromatic carbocycles. The Bertz CT molecular complexity index is 541. The topological polar surface area (TPSA) is 95.7 Å². The molecule has 7 heteroatoms. The van der Waals surface area contributed by atoms with Crippen LogP contribution in [0.5, 0.6) is 0 Å². The van der Waals surface area contributed by atoms with Gasteiger partial charge in [0.25, 0.3) is 0 Å². The lowest BCUT2D eigenvalue weighted by atomic mass is 9.82. The van der Waals surface area contributed by atoms with Gasteiger partial charge >= 0.3 is 0 Å². The fourth-order valence-electron chi connectivity index (χ4n) is 2.29. The molecule has 4 N–H and O–H groups in total. The third-order valence-corrected chi connectivity index (χ3v) is 5.34. The maximum Gasteiger partial charge on any atom is 0.244 e. The largest absolute Gasteiger partial charge is 0.393 e. The van der Waals surface area contributed by atoms with Gasteiger partial charge in [-0.3, -0.25) is 5.84 Å². The lowest BCUT2D eigenvalue weighted by Gasteiger charge is -2.34. The van der Waals surface area contributed by atoms with Crippen LogP contribution in [0.1, 0.15) is 12.8 Å². The molecule has 0 bridgehead atoms. The van der Waals surface area contributed by atoms with Crippen molar-refractivity contribution in [2.45, 2.75) is 23.8 Å². The first kappa shape index (κ1) is 14.3. The number of hydrogen-bond acceptors (Lipinski definition) is 5. The number of hydrogen-bond donors (Lipinski definition) is 3. The second kappa shape index (κ2) is 5.46. The van der Waals surface area contributed by atoms with Crippen molar-refractivity contribution >= 4 is 15.7 Å². The molecular weight excluding hydrogens is 266 g/mol. The Labute approximate surface area is 113 Å². The smallest absolute Gasteiger partial charge is 0.244 e. The number of aliphatic hydroxyl groups is 1. The van der Waals surface area contributed by atoms with Crippen LogP contribution in [0.2, 0.25) is 0 Å². The van der Waals surface area contributed by atoms with Crippen LogP contribution in [0, 0.1) is 5.92 Å². The van der Waals surface area contributed by atoms with Crippen molar-refractivity contribution in [3.63, 3.8) is 0 Å². The molecule has 2 rings (SSSR count). The second-order valence-electron chi connectivity index (χ2n) is 4.92. The third-order valence-electron chi connectivity index (χ3n) is 3.46. The Kier molecular flexibility index (Phi) is 4.10. The number of nitrogen functional groups attached to an aromatic ring is 1. The van der Waals surface area contributed by atoms with Crippen molar-refractivity contribution in [2.24, 2.45) is 11.8 Å². The van der Waals surface area contributed by atoms with Crippen molar-refractivity contribution in [3.05, 3.63) is 24.3 Å². The molecule has 0 saturated heterocycles. The Morgan fingerprint density at radius 1 is 1.42 bits per heavy atom. The van der Waals surface area contributed by atoms with Crippen LogP contribution in [0.15, 0.2) is 29.2 Å². The zero-order valence-electron chi connectivity index (χ0n) is 10.8. The Morgan fingerprint density at radius 2 is 2.05 bits per heavy atom. The number of nitrogens with one attached hydrogen (secondary N) is 1. The highest BCUT2D eigenvalue weighted by atomic mass is 32.2. The molecule has 0 amide bonds. The van der Waals surface area contributed by atoms with Gasteiger partial charge in [0, 0.05) is 13.6 Å². The third kappa shape index (κ3) is 2.89. The summed E-state index contributed by atoms with van der Waals surface area (Å²) in [4.78, 5) is 0.167. The van der Waals surface area contributed by atoms with Crippen molar-refractivity contribution in [3.8, 4) is 0 Å². The number of anilines is 1. The van der Waals surface area contributed by atoms with Crippen LogP contribution in [0.3, 0.4) is 0 Å². The molecule has 0 aliphatic heterocycles. The standard InChI is InChI=1S/C12H19N3O3S/c1-15(8-9-6-10(16)7-9)19(17,18)12-5-3-2-4-11(12)14-13/h2-5,9-10,14,16H,6-8,13H2,1H3. The quantitative estimate of drug-likeness (QED) is 0.536. The minimum Gasteiger partial charge on any atom is -0.393 e. The summed E-state index contributed by atoms with van der Waals surface area (Å²) in [6.07, 6.45) is 1.05. The van der Waals surface area contributed by atoms with E-state index in [0.717, 1.165) is 0 Å². The summed E-state index contributed by atoms with van der Waals surface area (Å²) in [7, 11) is -2.01. The van der Waals surface area contributed by atoms with E-state index in [1.54, 1.807) is 25.2 Å². The number of nitrogens with two attached hydrogens (primary N) is 1. The summed E-state index contributed by atoms with van der Waals surface area (Å²) in [6, 6.07) is 6.52. The molecule has 0 unspecified atom stereocenters. The average Bonchev–Trinajstić information content (AvgIpc) is 2.36. The van der Waals surface area contributed by atoms with Crippen LogP contribution < -0.4 is 11.3 Å². The molecule has 1 saturated carbocycles. The highest BCUT2D eigenvalue weighted by Crippen LogP contribution is 2.30. The molecule has 0 atom stereocenters. The molecule has 1 aliphatic carbocycles. The minimum atomic E-state index is -3.56. The van der Waals surface area contributed by atoms with E-state index in [2.05, 4.69) is 5.43 Å². The van der Waals surface area contributed by atoms with Crippen molar-refractivity contribution < 1.29 is 13.5 Å². The van der Waals surface area contributed by atoms with Gasteiger partial charge in [-0.1, -0.05) is 12.1 Å². The summed E-state index contributed by atoms with van der Waals surface area (Å²) in [5.41, 5.74) is 2.78. The van der Waals surface area contributed by atoms with E-state index in [1.165, 1.54) is 10.4 Å². The van der Waals surface area contributed by atoms with E-state index in [1.807, 2.05) is 0 Å². The zero-order valence-corrected chi connectivity index (χ0v) is 11.6. The summed E-state index contributed by atoms with van der Waals surface area (Å²) in [5, 5.41) is 9.24. The van der Waals surface area contributed by atoms with Gasteiger partial charge in [0.15, 0.2) is 0 Å². The first-order chi connectivity index (χ1) is 8.95. The van der Waals surface area contributed by atoms with E-state index in [4.69, 9.17) is 5.84 Å². The number of para-hydroxylation sites is 1. The fourth-order valence-corrected chi connectivity index (χ4v) is 3.69. The van der Waals surface area contributed by atoms with Gasteiger partial charge in [0.1, 0.15) is 4.90 Å². The number of rotatable bonds is 5. The van der Waals surface area contributed by atoms with Gasteiger partial charge in [0.05, 0.1) is 11.8 Å². The summed E-state index contributed by atoms with van der Waals surface area (Å²) < 4.78 is 26.2. The predicted octanol–water partition coefficient (Wildman–Crippen LogP) is 0.364. The summed E-state index contributed by atoms with van der Waals surface area (Å²) in [6.45, 7) is 0.415. The first-order valence-electron chi connectivity index (χ1n) is 6.15. The van der Waals surface area contributed by atoms with Crippen LogP contribution in [-0.4, -0.2) is 37.5 Å². The van der Waals surface area contributed by atoms with Crippen molar-refractivity contribution in [1.82, 2.24) is 4.31 Å². The number of aliphatic hydroxyl groups excluding tert-OH is 1. The SMILES string of the molecule is CN(CC1CC(O)C1)S(=O)(=O)c1ccccc1NN. The molecule has 19 heavy (non-hydrogen) atoms. The molecule has 1 aliphatic rings. The van der Waals surface area contributed by atoms with E-state index in [9.17, 15) is 13.5 Å². The first-order valence-corrected chi connectivity index (χ1v) is 7.59. The Balaban J connectivity index is 2.16. The molecule has 1 fully saturated rings. The van der Waals surface area contributed by atoms with Gasteiger partial charge in [-0.15, -0.1) is 0 Å². The predicted molar refractivity (Wildman–Crippen MR) is 72.8 cm³/mol. The molecule has 1 aromatic rings. The van der Waals surface area contributed by atoms with Crippen LogP contribution >= 0.6 is 0 Å². The molecule has 0 aromatic heterocycles. The van der Waals surface area contributed by atoms with E-state index in [-0.39, 0.29) is 16.9 Å². The van der Waals surface area contributed by atoms with Gasteiger partial charge in [0.2, 0.25) is 10.0 Å². The van der Waals surface area contributed by atoms with Gasteiger partial charge in [-0.05, 0) is 30.9 Å². The number of hydrazine groups is 1. The van der Waals surface area contributed by atoms with E-state index in [0.29, 0.717) is 25.1 Å². The molecule has 0 heterocycles. The Hall–Kier alpha value is -1.15. The summed E-state index contributed by atoms with van der Waals surface area (Å²) >= 11 is 0. The van der Waals surface area contributed by atoms with Gasteiger partial charge < -0.3 is 10.5 Å². The Morgan fingerprint density at radius 3 is 2.63 bits per heavy atom. The average molecular weight is 285 g/mol. The maximum absolute atomic E-state index is 12.4. The van der Waals surface area contributed by atoms with Gasteiger partial charge in [-0.2, -0.15) is 0 Å². The lowest BCUT2D eigenvalue weighted by Crippen LogP contribution is -2.39. The highest BCUT2D eigenvalue weighted by molar-refractivity contribution is 7.89. The highest BCUT2D eigenvalue weighted by Gasteiger charge is 2.32. The molecule has 0 radical (unpaired) electrons. The number of nitrogens with zero attached hydrogens (tertiary/aromatic N) is 1. The second-order valence-corrected chi connectivity index (χ2v) is 6.93. The maximum atomic E-state index is 12.4. The molecule has 106 valence electrons. The monoisotopic (exact) mass is 285 g/mol. The molecule has 0 spiro atoms.